The van der Waals surface area contributed by atoms with E-state index in [0.29, 0.717) is 21.7 Å². The summed E-state index contributed by atoms with van der Waals surface area (Å²) in [7, 11) is -3.20. The number of aromatic nitrogens is 2. The number of alkyl halides is 3. The largest absolute Gasteiger partial charge is 0.475 e. The number of Topliss-reactive ketones (excluding diaryl/α,β-unsaturated/α-hetero) is 1. The lowest BCUT2D eigenvalue weighted by atomic mass is 10.0. The van der Waals surface area contributed by atoms with Gasteiger partial charge >= 0.3 is 5.51 Å². The van der Waals surface area contributed by atoms with Crippen molar-refractivity contribution in [1.29, 1.82) is 0 Å². The van der Waals surface area contributed by atoms with Gasteiger partial charge in [0.2, 0.25) is 0 Å². The molecule has 2 aromatic heterocycles. The lowest BCUT2D eigenvalue weighted by molar-refractivity contribution is -0.0384. The van der Waals surface area contributed by atoms with Crippen molar-refractivity contribution in [2.75, 3.05) is 0 Å². The van der Waals surface area contributed by atoms with E-state index in [-0.39, 0.29) is 12.0 Å². The number of carbonyl (C=O) groups is 1. The second-order valence-electron chi connectivity index (χ2n) is 6.56. The fourth-order valence-electron chi connectivity index (χ4n) is 2.94. The number of rotatable bonds is 5. The van der Waals surface area contributed by atoms with Crippen LogP contribution >= 0.6 is 11.3 Å². The van der Waals surface area contributed by atoms with Gasteiger partial charge in [0.1, 0.15) is 10.8 Å². The predicted octanol–water partition coefficient (Wildman–Crippen LogP) is 5.55. The van der Waals surface area contributed by atoms with E-state index in [1.165, 1.54) is 35.7 Å². The molecule has 0 N–H and O–H groups in total. The van der Waals surface area contributed by atoms with Crippen molar-refractivity contribution in [3.63, 3.8) is 0 Å². The van der Waals surface area contributed by atoms with Crippen LogP contribution in [0.1, 0.15) is 15.9 Å². The number of ketones is 1. The number of hydrogen-bond donors (Lipinski definition) is 0. The maximum Gasteiger partial charge on any atom is 0.475 e. The number of benzene rings is 2. The molecule has 0 amide bonds. The minimum Gasteiger partial charge on any atom is -0.294 e. The van der Waals surface area contributed by atoms with Gasteiger partial charge in [-0.25, -0.2) is 13.6 Å². The van der Waals surface area contributed by atoms with Crippen LogP contribution in [0.25, 0.3) is 20.8 Å². The molecule has 4 nitrogen and oxygen atoms in total. The van der Waals surface area contributed by atoms with E-state index in [4.69, 9.17) is 0 Å². The van der Waals surface area contributed by atoms with Gasteiger partial charge in [0, 0.05) is 28.6 Å². The highest BCUT2D eigenvalue weighted by atomic mass is 32.2. The number of nitrogens with zero attached hydrogens (tertiary/aromatic N) is 2. The van der Waals surface area contributed by atoms with Crippen LogP contribution in [0.4, 0.5) is 17.6 Å². The second-order valence-corrected chi connectivity index (χ2v) is 9.06. The number of fused-ring (bicyclic) bond motifs is 1. The molecular formula is C21H12F4N2O2S2. The van der Waals surface area contributed by atoms with Crippen LogP contribution in [-0.2, 0) is 17.2 Å². The van der Waals surface area contributed by atoms with Crippen molar-refractivity contribution in [3.05, 3.63) is 77.9 Å². The molecular weight excluding hydrogens is 452 g/mol. The summed E-state index contributed by atoms with van der Waals surface area (Å²) in [6, 6.07) is 11.3. The predicted molar refractivity (Wildman–Crippen MR) is 110 cm³/mol. The summed E-state index contributed by atoms with van der Waals surface area (Å²) >= 11 is 1.31. The van der Waals surface area contributed by atoms with Gasteiger partial charge in [0.15, 0.2) is 16.6 Å². The highest BCUT2D eigenvalue weighted by Crippen LogP contribution is 2.31. The number of hydrogen-bond acceptors (Lipinski definition) is 5. The quantitative estimate of drug-likeness (QED) is 0.287. The molecule has 1 atom stereocenters. The van der Waals surface area contributed by atoms with Crippen molar-refractivity contribution in [3.8, 4) is 10.6 Å². The van der Waals surface area contributed by atoms with Gasteiger partial charge in [-0.15, -0.1) is 11.3 Å². The summed E-state index contributed by atoms with van der Waals surface area (Å²) in [5.41, 5.74) is -3.00. The monoisotopic (exact) mass is 464 g/mol. The van der Waals surface area contributed by atoms with Gasteiger partial charge in [0.25, 0.3) is 0 Å². The van der Waals surface area contributed by atoms with Gasteiger partial charge in [-0.2, -0.15) is 13.2 Å². The molecule has 0 saturated heterocycles. The van der Waals surface area contributed by atoms with Gasteiger partial charge in [0.05, 0.1) is 16.4 Å². The van der Waals surface area contributed by atoms with Crippen LogP contribution in [0.2, 0.25) is 0 Å². The molecule has 0 radical (unpaired) electrons. The summed E-state index contributed by atoms with van der Waals surface area (Å²) in [6.07, 6.45) is 2.55. The molecule has 4 aromatic rings. The zero-order valence-corrected chi connectivity index (χ0v) is 17.2. The molecule has 31 heavy (non-hydrogen) atoms. The van der Waals surface area contributed by atoms with E-state index in [1.54, 1.807) is 18.2 Å². The maximum atomic E-state index is 13.4. The van der Waals surface area contributed by atoms with Crippen molar-refractivity contribution < 1.29 is 26.6 Å². The summed E-state index contributed by atoms with van der Waals surface area (Å²) < 4.78 is 63.8. The van der Waals surface area contributed by atoms with Crippen molar-refractivity contribution in [2.24, 2.45) is 0 Å². The van der Waals surface area contributed by atoms with E-state index >= 15 is 0 Å². The summed E-state index contributed by atoms with van der Waals surface area (Å²) in [5, 5.41) is 0.577. The lowest BCUT2D eigenvalue weighted by Crippen LogP contribution is -2.16. The van der Waals surface area contributed by atoms with E-state index in [0.717, 1.165) is 23.0 Å². The number of pyridine rings is 1. The number of thiazole rings is 1. The van der Waals surface area contributed by atoms with Gasteiger partial charge < -0.3 is 0 Å². The summed E-state index contributed by atoms with van der Waals surface area (Å²) in [4.78, 5) is 20.4. The summed E-state index contributed by atoms with van der Waals surface area (Å²) in [6.45, 7) is 0. The first-order chi connectivity index (χ1) is 14.7. The number of carbonyl (C=O) groups excluding carboxylic acids is 1. The Hall–Kier alpha value is -2.98. The first-order valence-electron chi connectivity index (χ1n) is 8.83. The fraction of sp³-hybridized carbons (Fsp3) is 0.0952. The SMILES string of the molecule is O=C(Cc1ccc2nc(-c3cncc(F)c3)sc2c1)c1cccc(S(=O)C(F)(F)F)c1. The molecule has 0 aliphatic carbocycles. The van der Waals surface area contributed by atoms with Crippen molar-refractivity contribution in [1.82, 2.24) is 9.97 Å². The zero-order valence-electron chi connectivity index (χ0n) is 15.5. The van der Waals surface area contributed by atoms with Gasteiger partial charge in [-0.3, -0.25) is 9.78 Å². The fourth-order valence-corrected chi connectivity index (χ4v) is 4.65. The Morgan fingerprint density at radius 3 is 2.61 bits per heavy atom. The molecule has 1 unspecified atom stereocenters. The van der Waals surface area contributed by atoms with E-state index < -0.39 is 32.8 Å². The topological polar surface area (TPSA) is 59.9 Å². The molecule has 0 aliphatic heterocycles. The Labute approximate surface area is 180 Å². The number of halogens is 4. The van der Waals surface area contributed by atoms with Crippen LogP contribution in [0, 0.1) is 5.82 Å². The third-order valence-corrected chi connectivity index (χ3v) is 6.52. The molecule has 0 bridgehead atoms. The highest BCUT2D eigenvalue weighted by molar-refractivity contribution is 7.86. The molecule has 0 fully saturated rings. The average Bonchev–Trinajstić information content (AvgIpc) is 3.16. The Balaban J connectivity index is 1.57. The molecule has 2 heterocycles. The summed E-state index contributed by atoms with van der Waals surface area (Å²) in [5.74, 6) is -0.879. The smallest absolute Gasteiger partial charge is 0.294 e. The minimum absolute atomic E-state index is 0.0472. The lowest BCUT2D eigenvalue weighted by Gasteiger charge is -2.08. The van der Waals surface area contributed by atoms with Gasteiger partial charge in [-0.1, -0.05) is 18.2 Å². The Morgan fingerprint density at radius 1 is 1.06 bits per heavy atom. The van der Waals surface area contributed by atoms with Crippen LogP contribution in [0.15, 0.2) is 65.8 Å². The third kappa shape index (κ3) is 4.70. The van der Waals surface area contributed by atoms with E-state index in [2.05, 4.69) is 9.97 Å². The average molecular weight is 464 g/mol. The van der Waals surface area contributed by atoms with E-state index in [9.17, 15) is 26.6 Å². The van der Waals surface area contributed by atoms with Crippen LogP contribution in [0.5, 0.6) is 0 Å². The second kappa shape index (κ2) is 8.27. The van der Waals surface area contributed by atoms with Crippen molar-refractivity contribution in [2.45, 2.75) is 16.8 Å². The van der Waals surface area contributed by atoms with Crippen LogP contribution in [-0.4, -0.2) is 25.5 Å². The first-order valence-corrected chi connectivity index (χ1v) is 10.8. The molecule has 0 saturated carbocycles. The zero-order chi connectivity index (χ0) is 22.2. The molecule has 10 heteroatoms. The van der Waals surface area contributed by atoms with Gasteiger partial charge in [-0.05, 0) is 35.9 Å². The van der Waals surface area contributed by atoms with Crippen molar-refractivity contribution >= 4 is 38.1 Å². The highest BCUT2D eigenvalue weighted by Gasteiger charge is 2.38. The molecule has 0 aliphatic rings. The standard InChI is InChI=1S/C21H12F4N2O2S2/c22-15-8-14(10-26-11-15)20-27-17-5-4-12(7-19(17)30-20)6-18(28)13-2-1-3-16(9-13)31(29)21(23,24)25/h1-5,7-11H,6H2. The Kier molecular flexibility index (Phi) is 5.67. The Bertz CT molecular complexity index is 1320. The molecule has 158 valence electrons. The van der Waals surface area contributed by atoms with E-state index in [1.807, 2.05) is 0 Å². The van der Waals surface area contributed by atoms with Crippen LogP contribution < -0.4 is 0 Å². The first kappa shape index (κ1) is 21.3. The maximum absolute atomic E-state index is 13.4. The minimum atomic E-state index is -4.90. The van der Waals surface area contributed by atoms with Crippen LogP contribution in [0.3, 0.4) is 0 Å². The Morgan fingerprint density at radius 2 is 1.87 bits per heavy atom. The normalized spacial score (nSPS) is 12.8. The third-order valence-electron chi connectivity index (χ3n) is 4.35. The molecule has 0 spiro atoms. The molecule has 4 rings (SSSR count). The molecule has 2 aromatic carbocycles.